The van der Waals surface area contributed by atoms with E-state index < -0.39 is 23.8 Å². The van der Waals surface area contributed by atoms with Crippen molar-refractivity contribution < 1.29 is 19.5 Å². The van der Waals surface area contributed by atoms with Gasteiger partial charge in [-0.3, -0.25) is 14.6 Å². The summed E-state index contributed by atoms with van der Waals surface area (Å²) in [6, 6.07) is 1.98. The van der Waals surface area contributed by atoms with E-state index in [9.17, 15) is 14.4 Å². The minimum absolute atomic E-state index is 0.114. The fourth-order valence-electron chi connectivity index (χ4n) is 2.24. The number of carbonyl (C=O) groups excluding carboxylic acids is 2. The molecular weight excluding hydrogens is 262 g/mol. The van der Waals surface area contributed by atoms with E-state index in [4.69, 9.17) is 10.8 Å². The van der Waals surface area contributed by atoms with Gasteiger partial charge in [0.25, 0.3) is 5.91 Å². The lowest BCUT2D eigenvalue weighted by Gasteiger charge is -2.32. The van der Waals surface area contributed by atoms with Crippen molar-refractivity contribution in [1.29, 1.82) is 0 Å². The van der Waals surface area contributed by atoms with Crippen LogP contribution in [0.1, 0.15) is 40.1 Å². The number of amides is 2. The summed E-state index contributed by atoms with van der Waals surface area (Å²) in [5.74, 6) is -2.07. The van der Waals surface area contributed by atoms with E-state index in [1.54, 1.807) is 0 Å². The quantitative estimate of drug-likeness (QED) is 0.822. The lowest BCUT2D eigenvalue weighted by molar-refractivity contribution is -0.143. The molecular formula is C13H15N3O4. The van der Waals surface area contributed by atoms with E-state index in [0.717, 1.165) is 12.8 Å². The van der Waals surface area contributed by atoms with Crippen LogP contribution in [-0.2, 0) is 4.79 Å². The molecule has 1 aliphatic rings. The van der Waals surface area contributed by atoms with Gasteiger partial charge in [-0.25, -0.2) is 4.79 Å². The van der Waals surface area contributed by atoms with Gasteiger partial charge in [0.1, 0.15) is 11.7 Å². The Hall–Kier alpha value is -2.44. The van der Waals surface area contributed by atoms with Crippen LogP contribution >= 0.6 is 0 Å². The normalized spacial score (nSPS) is 18.6. The zero-order valence-electron chi connectivity index (χ0n) is 10.8. The number of hydrogen-bond acceptors (Lipinski definition) is 4. The second-order valence-electron chi connectivity index (χ2n) is 4.64. The molecule has 0 bridgehead atoms. The van der Waals surface area contributed by atoms with Crippen LogP contribution in [0.15, 0.2) is 18.3 Å². The molecule has 2 amide bonds. The number of carbonyl (C=O) groups is 3. The van der Waals surface area contributed by atoms with Crippen LogP contribution in [0.3, 0.4) is 0 Å². The molecule has 1 atom stereocenters. The van der Waals surface area contributed by atoms with E-state index in [2.05, 4.69) is 4.98 Å². The van der Waals surface area contributed by atoms with Crippen molar-refractivity contribution in [3.05, 3.63) is 29.6 Å². The number of pyridine rings is 1. The minimum atomic E-state index is -1.01. The molecule has 0 radical (unpaired) electrons. The maximum absolute atomic E-state index is 12.3. The predicted octanol–water partition coefficient (Wildman–Crippen LogP) is 0.260. The zero-order chi connectivity index (χ0) is 14.7. The molecule has 0 saturated carbocycles. The van der Waals surface area contributed by atoms with Crippen LogP contribution in [-0.4, -0.2) is 45.4 Å². The number of nitrogens with zero attached hydrogens (tertiary/aromatic N) is 2. The number of aliphatic carboxylic acids is 1. The molecule has 0 aliphatic carbocycles. The summed E-state index contributed by atoms with van der Waals surface area (Å²) in [5, 5.41) is 9.15. The van der Waals surface area contributed by atoms with Gasteiger partial charge < -0.3 is 15.7 Å². The maximum Gasteiger partial charge on any atom is 0.326 e. The van der Waals surface area contributed by atoms with Gasteiger partial charge in [-0.1, -0.05) is 0 Å². The summed E-state index contributed by atoms with van der Waals surface area (Å²) in [6.45, 7) is 0.398. The van der Waals surface area contributed by atoms with Gasteiger partial charge in [0.15, 0.2) is 0 Å². The largest absolute Gasteiger partial charge is 0.480 e. The van der Waals surface area contributed by atoms with Crippen LogP contribution in [0, 0.1) is 0 Å². The zero-order valence-corrected chi connectivity index (χ0v) is 10.8. The second kappa shape index (κ2) is 5.68. The number of piperidine rings is 1. The van der Waals surface area contributed by atoms with E-state index in [1.807, 2.05) is 0 Å². The number of likely N-dealkylation sites (tertiary alicyclic amines) is 1. The molecule has 7 nitrogen and oxygen atoms in total. The third-order valence-corrected chi connectivity index (χ3v) is 3.32. The third kappa shape index (κ3) is 2.76. The fourth-order valence-corrected chi connectivity index (χ4v) is 2.24. The molecule has 2 rings (SSSR count). The standard InChI is InChI=1S/C13H15N3O4/c14-11(17)8-4-5-9(15-7-8)12(18)16-6-2-1-3-10(16)13(19)20/h4-5,7,10H,1-3,6H2,(H2,14,17)(H,19,20)/t10-/m1/s1. The first kappa shape index (κ1) is 14.0. The highest BCUT2D eigenvalue weighted by Crippen LogP contribution is 2.19. The van der Waals surface area contributed by atoms with Crippen molar-refractivity contribution in [2.24, 2.45) is 5.73 Å². The van der Waals surface area contributed by atoms with E-state index in [-0.39, 0.29) is 11.3 Å². The van der Waals surface area contributed by atoms with Gasteiger partial charge in [0.05, 0.1) is 5.56 Å². The smallest absolute Gasteiger partial charge is 0.326 e. The molecule has 0 spiro atoms. The number of aromatic nitrogens is 1. The highest BCUT2D eigenvalue weighted by molar-refractivity contribution is 5.97. The lowest BCUT2D eigenvalue weighted by Crippen LogP contribution is -2.48. The minimum Gasteiger partial charge on any atom is -0.480 e. The summed E-state index contributed by atoms with van der Waals surface area (Å²) < 4.78 is 0. The highest BCUT2D eigenvalue weighted by Gasteiger charge is 2.32. The maximum atomic E-state index is 12.3. The van der Waals surface area contributed by atoms with Crippen LogP contribution < -0.4 is 5.73 Å². The first-order valence-corrected chi connectivity index (χ1v) is 6.30. The molecule has 0 unspecified atom stereocenters. The number of carboxylic acids is 1. The third-order valence-electron chi connectivity index (χ3n) is 3.32. The Morgan fingerprint density at radius 1 is 1.30 bits per heavy atom. The number of carboxylic acid groups (broad SMARTS) is 1. The molecule has 1 aliphatic heterocycles. The molecule has 1 aromatic rings. The summed E-state index contributed by atoms with van der Waals surface area (Å²) in [6.07, 6.45) is 3.22. The van der Waals surface area contributed by atoms with Crippen LogP contribution in [0.25, 0.3) is 0 Å². The van der Waals surface area contributed by atoms with Crippen LogP contribution in [0.2, 0.25) is 0 Å². The Kier molecular flexibility index (Phi) is 3.97. The highest BCUT2D eigenvalue weighted by atomic mass is 16.4. The fraction of sp³-hybridized carbons (Fsp3) is 0.385. The average Bonchev–Trinajstić information content (AvgIpc) is 2.46. The molecule has 0 aromatic carbocycles. The Balaban J connectivity index is 2.20. The average molecular weight is 277 g/mol. The summed E-state index contributed by atoms with van der Waals surface area (Å²) in [4.78, 5) is 39.6. The summed E-state index contributed by atoms with van der Waals surface area (Å²) >= 11 is 0. The van der Waals surface area contributed by atoms with Gasteiger partial charge in [-0.2, -0.15) is 0 Å². The lowest BCUT2D eigenvalue weighted by atomic mass is 10.0. The number of hydrogen-bond donors (Lipinski definition) is 2. The summed E-state index contributed by atoms with van der Waals surface area (Å²) in [7, 11) is 0. The van der Waals surface area contributed by atoms with Gasteiger partial charge in [0, 0.05) is 12.7 Å². The first-order chi connectivity index (χ1) is 9.50. The summed E-state index contributed by atoms with van der Waals surface area (Å²) in [5.41, 5.74) is 5.41. The number of rotatable bonds is 3. The molecule has 7 heteroatoms. The van der Waals surface area contributed by atoms with E-state index >= 15 is 0 Å². The van der Waals surface area contributed by atoms with Crippen molar-refractivity contribution in [2.45, 2.75) is 25.3 Å². The SMILES string of the molecule is NC(=O)c1ccc(C(=O)N2CCCC[C@@H]2C(=O)O)nc1. The van der Waals surface area contributed by atoms with Crippen molar-refractivity contribution in [3.8, 4) is 0 Å². The molecule has 1 saturated heterocycles. The van der Waals surface area contributed by atoms with Crippen molar-refractivity contribution in [3.63, 3.8) is 0 Å². The first-order valence-electron chi connectivity index (χ1n) is 6.30. The molecule has 106 valence electrons. The number of nitrogens with two attached hydrogens (primary N) is 1. The van der Waals surface area contributed by atoms with Gasteiger partial charge in [0.2, 0.25) is 5.91 Å². The van der Waals surface area contributed by atoms with E-state index in [1.165, 1.54) is 23.2 Å². The van der Waals surface area contributed by atoms with Crippen molar-refractivity contribution in [2.75, 3.05) is 6.54 Å². The molecule has 1 fully saturated rings. The monoisotopic (exact) mass is 277 g/mol. The van der Waals surface area contributed by atoms with Crippen LogP contribution in [0.4, 0.5) is 0 Å². The Bertz CT molecular complexity index is 541. The Morgan fingerprint density at radius 3 is 2.60 bits per heavy atom. The van der Waals surface area contributed by atoms with E-state index in [0.29, 0.717) is 13.0 Å². The van der Waals surface area contributed by atoms with Crippen molar-refractivity contribution >= 4 is 17.8 Å². The number of primary amides is 1. The van der Waals surface area contributed by atoms with Crippen molar-refractivity contribution in [1.82, 2.24) is 9.88 Å². The Labute approximate surface area is 115 Å². The topological polar surface area (TPSA) is 114 Å². The predicted molar refractivity (Wildman–Crippen MR) is 69.1 cm³/mol. The van der Waals surface area contributed by atoms with Crippen LogP contribution in [0.5, 0.6) is 0 Å². The Morgan fingerprint density at radius 2 is 2.05 bits per heavy atom. The molecule has 3 N–H and O–H groups in total. The molecule has 1 aromatic heterocycles. The molecule has 20 heavy (non-hydrogen) atoms. The second-order valence-corrected chi connectivity index (χ2v) is 4.64. The van der Waals surface area contributed by atoms with Gasteiger partial charge in [-0.05, 0) is 31.4 Å². The van der Waals surface area contributed by atoms with Gasteiger partial charge in [-0.15, -0.1) is 0 Å². The van der Waals surface area contributed by atoms with Gasteiger partial charge >= 0.3 is 5.97 Å². The molecule has 2 heterocycles.